The van der Waals surface area contributed by atoms with Crippen LogP contribution in [0.4, 0.5) is 4.79 Å². The van der Waals surface area contributed by atoms with Gasteiger partial charge >= 0.3 is 12.1 Å². The molecule has 1 aromatic carbocycles. The fraction of sp³-hybridized carbons (Fsp3) is 0.467. The molecule has 0 radical (unpaired) electrons. The lowest BCUT2D eigenvalue weighted by atomic mass is 9.92. The number of nitrogens with zero attached hydrogens (tertiary/aromatic N) is 1. The lowest BCUT2D eigenvalue weighted by Crippen LogP contribution is -2.52. The molecule has 2 atom stereocenters. The molecule has 0 spiro atoms. The van der Waals surface area contributed by atoms with Gasteiger partial charge in [0.25, 0.3) is 0 Å². The van der Waals surface area contributed by atoms with E-state index in [2.05, 4.69) is 5.32 Å². The predicted molar refractivity (Wildman–Crippen MR) is 72.9 cm³/mol. The molecule has 1 aromatic rings. The molecular formula is C15H16N2O4. The first-order chi connectivity index (χ1) is 10.2. The monoisotopic (exact) mass is 288 g/mol. The smallest absolute Gasteiger partial charge is 0.410 e. The van der Waals surface area contributed by atoms with Crippen LogP contribution < -0.4 is 5.32 Å². The first-order valence-corrected chi connectivity index (χ1v) is 7.12. The van der Waals surface area contributed by atoms with E-state index in [0.717, 1.165) is 23.2 Å². The molecule has 2 fully saturated rings. The molecule has 1 unspecified atom stereocenters. The number of fused-ring (bicyclic) bond motifs is 2. The number of amides is 1. The maximum Gasteiger partial charge on any atom is 0.410 e. The van der Waals surface area contributed by atoms with Crippen LogP contribution in [0.25, 0.3) is 0 Å². The van der Waals surface area contributed by atoms with E-state index in [0.29, 0.717) is 25.3 Å². The molecule has 1 N–H and O–H groups in total. The van der Waals surface area contributed by atoms with E-state index in [-0.39, 0.29) is 24.1 Å². The Hall–Kier alpha value is -2.08. The van der Waals surface area contributed by atoms with Crippen molar-refractivity contribution in [1.82, 2.24) is 10.2 Å². The molecule has 3 aliphatic rings. The van der Waals surface area contributed by atoms with Gasteiger partial charge in [-0.25, -0.2) is 9.59 Å². The zero-order valence-corrected chi connectivity index (χ0v) is 11.7. The van der Waals surface area contributed by atoms with Gasteiger partial charge in [0.05, 0.1) is 17.6 Å². The van der Waals surface area contributed by atoms with Crippen LogP contribution in [0.5, 0.6) is 0 Å². The van der Waals surface area contributed by atoms with Gasteiger partial charge in [0.2, 0.25) is 0 Å². The summed E-state index contributed by atoms with van der Waals surface area (Å²) in [6.07, 6.45) is -0.251. The van der Waals surface area contributed by atoms with Crippen molar-refractivity contribution in [2.75, 3.05) is 19.7 Å². The SMILES string of the molecule is Cc1c([C@@H]2CNCC3COC(=O)N32)ccc2c1COC2=O. The Bertz CT molecular complexity index is 643. The number of piperazine rings is 1. The number of rotatable bonds is 1. The maximum atomic E-state index is 12.0. The molecule has 21 heavy (non-hydrogen) atoms. The fourth-order valence-corrected chi connectivity index (χ4v) is 3.48. The third-order valence-electron chi connectivity index (χ3n) is 4.62. The molecule has 0 saturated carbocycles. The van der Waals surface area contributed by atoms with Crippen LogP contribution in [-0.4, -0.2) is 42.7 Å². The number of esters is 1. The largest absolute Gasteiger partial charge is 0.457 e. The van der Waals surface area contributed by atoms with Crippen LogP contribution in [0.15, 0.2) is 12.1 Å². The van der Waals surface area contributed by atoms with E-state index in [1.807, 2.05) is 17.9 Å². The van der Waals surface area contributed by atoms with Crippen molar-refractivity contribution >= 4 is 12.1 Å². The second-order valence-corrected chi connectivity index (χ2v) is 5.69. The molecule has 3 aliphatic heterocycles. The number of hydrogen-bond donors (Lipinski definition) is 1. The van der Waals surface area contributed by atoms with Gasteiger partial charge in [-0.2, -0.15) is 0 Å². The Kier molecular flexibility index (Phi) is 2.68. The van der Waals surface area contributed by atoms with Gasteiger partial charge in [-0.1, -0.05) is 6.07 Å². The lowest BCUT2D eigenvalue weighted by Gasteiger charge is -2.37. The van der Waals surface area contributed by atoms with E-state index in [9.17, 15) is 9.59 Å². The average molecular weight is 288 g/mol. The van der Waals surface area contributed by atoms with Crippen molar-refractivity contribution in [3.63, 3.8) is 0 Å². The molecule has 0 aromatic heterocycles. The summed E-state index contributed by atoms with van der Waals surface area (Å²) in [6, 6.07) is 3.76. The second kappa shape index (κ2) is 4.46. The van der Waals surface area contributed by atoms with Crippen LogP contribution >= 0.6 is 0 Å². The Balaban J connectivity index is 1.76. The minimum Gasteiger partial charge on any atom is -0.457 e. The Morgan fingerprint density at radius 1 is 1.24 bits per heavy atom. The number of benzene rings is 1. The van der Waals surface area contributed by atoms with E-state index >= 15 is 0 Å². The van der Waals surface area contributed by atoms with Crippen molar-refractivity contribution in [3.05, 3.63) is 34.4 Å². The summed E-state index contributed by atoms with van der Waals surface area (Å²) in [5, 5.41) is 3.36. The van der Waals surface area contributed by atoms with Crippen LogP contribution in [0.2, 0.25) is 0 Å². The van der Waals surface area contributed by atoms with Crippen LogP contribution in [0.3, 0.4) is 0 Å². The quantitative estimate of drug-likeness (QED) is 0.785. The number of hydrogen-bond acceptors (Lipinski definition) is 5. The predicted octanol–water partition coefficient (Wildman–Crippen LogP) is 1.13. The van der Waals surface area contributed by atoms with Crippen molar-refractivity contribution in [2.24, 2.45) is 0 Å². The molecule has 6 nitrogen and oxygen atoms in total. The van der Waals surface area contributed by atoms with Crippen LogP contribution in [-0.2, 0) is 16.1 Å². The summed E-state index contributed by atoms with van der Waals surface area (Å²) in [5.41, 5.74) is 3.67. The molecule has 1 amide bonds. The van der Waals surface area contributed by atoms with Crippen LogP contribution in [0.1, 0.15) is 33.1 Å². The molecule has 6 heteroatoms. The highest BCUT2D eigenvalue weighted by molar-refractivity contribution is 5.94. The van der Waals surface area contributed by atoms with Gasteiger partial charge in [-0.3, -0.25) is 4.90 Å². The summed E-state index contributed by atoms with van der Waals surface area (Å²) in [6.45, 7) is 4.20. The second-order valence-electron chi connectivity index (χ2n) is 5.69. The van der Waals surface area contributed by atoms with Gasteiger partial charge in [0.15, 0.2) is 0 Å². The van der Waals surface area contributed by atoms with Crippen molar-refractivity contribution in [2.45, 2.75) is 25.6 Å². The highest BCUT2D eigenvalue weighted by atomic mass is 16.6. The number of carbonyl (C=O) groups excluding carboxylic acids is 2. The molecule has 110 valence electrons. The molecule has 2 saturated heterocycles. The molecule has 4 rings (SSSR count). The molecule has 0 aliphatic carbocycles. The zero-order chi connectivity index (χ0) is 14.6. The maximum absolute atomic E-state index is 12.0. The topological polar surface area (TPSA) is 67.9 Å². The lowest BCUT2D eigenvalue weighted by molar-refractivity contribution is 0.0535. The number of nitrogens with one attached hydrogen (secondary N) is 1. The van der Waals surface area contributed by atoms with E-state index in [1.54, 1.807) is 6.07 Å². The third-order valence-corrected chi connectivity index (χ3v) is 4.62. The summed E-state index contributed by atoms with van der Waals surface area (Å²) < 4.78 is 10.3. The highest BCUT2D eigenvalue weighted by Crippen LogP contribution is 2.35. The standard InChI is InChI=1S/C15H16N2O4/c1-8-10(2-3-11-12(8)7-20-14(11)18)13-5-16-4-9-6-21-15(19)17(9)13/h2-3,9,13,16H,4-7H2,1H3/t9?,13-/m0/s1. The minimum absolute atomic E-state index is 0.0558. The van der Waals surface area contributed by atoms with Gasteiger partial charge in [-0.15, -0.1) is 0 Å². The van der Waals surface area contributed by atoms with E-state index < -0.39 is 0 Å². The van der Waals surface area contributed by atoms with Crippen molar-refractivity contribution < 1.29 is 19.1 Å². The zero-order valence-electron chi connectivity index (χ0n) is 11.7. The first-order valence-electron chi connectivity index (χ1n) is 7.12. The number of cyclic esters (lactones) is 2. The van der Waals surface area contributed by atoms with Crippen molar-refractivity contribution in [3.8, 4) is 0 Å². The highest BCUT2D eigenvalue weighted by Gasteiger charge is 2.42. The Labute approximate surface area is 122 Å². The van der Waals surface area contributed by atoms with E-state index in [1.165, 1.54) is 0 Å². The fourth-order valence-electron chi connectivity index (χ4n) is 3.48. The summed E-state index contributed by atoms with van der Waals surface area (Å²) in [7, 11) is 0. The van der Waals surface area contributed by atoms with E-state index in [4.69, 9.17) is 9.47 Å². The Morgan fingerprint density at radius 3 is 2.95 bits per heavy atom. The van der Waals surface area contributed by atoms with Gasteiger partial charge in [0.1, 0.15) is 13.2 Å². The Morgan fingerprint density at radius 2 is 2.10 bits per heavy atom. The van der Waals surface area contributed by atoms with Gasteiger partial charge in [0, 0.05) is 18.7 Å². The number of ether oxygens (including phenoxy) is 2. The number of carbonyl (C=O) groups is 2. The van der Waals surface area contributed by atoms with Gasteiger partial charge < -0.3 is 14.8 Å². The summed E-state index contributed by atoms with van der Waals surface area (Å²) >= 11 is 0. The van der Waals surface area contributed by atoms with Crippen molar-refractivity contribution in [1.29, 1.82) is 0 Å². The summed E-state index contributed by atoms with van der Waals surface area (Å²) in [4.78, 5) is 25.4. The molecule has 3 heterocycles. The first kappa shape index (κ1) is 12.6. The third kappa shape index (κ3) is 1.75. The minimum atomic E-state index is -0.264. The average Bonchev–Trinajstić information content (AvgIpc) is 3.05. The summed E-state index contributed by atoms with van der Waals surface area (Å²) in [5.74, 6) is -0.264. The molecule has 0 bridgehead atoms. The van der Waals surface area contributed by atoms with Crippen LogP contribution in [0, 0.1) is 6.92 Å². The normalized spacial score (nSPS) is 27.2. The molecular weight excluding hydrogens is 272 g/mol. The van der Waals surface area contributed by atoms with Gasteiger partial charge in [-0.05, 0) is 24.1 Å².